The fourth-order valence-corrected chi connectivity index (χ4v) is 1.14. The number of hydrogen-bond acceptors (Lipinski definition) is 2. The fourth-order valence-electron chi connectivity index (χ4n) is 0.937. The Bertz CT molecular complexity index is 385. The average Bonchev–Trinajstić information content (AvgIpc) is 2.17. The minimum Gasteiger partial charge on any atom is -0.391 e. The first-order valence-corrected chi connectivity index (χ1v) is 5.37. The lowest BCUT2D eigenvalue weighted by Gasteiger charge is -2.09. The molecule has 0 spiro atoms. The van der Waals surface area contributed by atoms with E-state index in [2.05, 4.69) is 5.16 Å². The van der Waals surface area contributed by atoms with Crippen molar-refractivity contribution in [3.05, 3.63) is 34.6 Å². The molecule has 1 aromatic carbocycles. The molecule has 0 saturated heterocycles. The van der Waals surface area contributed by atoms with Crippen LogP contribution in [0.3, 0.4) is 0 Å². The molecule has 88 valence electrons. The summed E-state index contributed by atoms with van der Waals surface area (Å²) in [7, 11) is 0. The highest BCUT2D eigenvalue weighted by Gasteiger charge is 2.05. The predicted molar refractivity (Wildman–Crippen MR) is 64.1 cm³/mol. The largest absolute Gasteiger partial charge is 0.391 e. The van der Waals surface area contributed by atoms with E-state index in [9.17, 15) is 4.39 Å². The maximum absolute atomic E-state index is 12.8. The van der Waals surface area contributed by atoms with Crippen molar-refractivity contribution in [2.24, 2.45) is 10.6 Å². The van der Waals surface area contributed by atoms with Gasteiger partial charge >= 0.3 is 0 Å². The van der Waals surface area contributed by atoms with Crippen molar-refractivity contribution in [1.29, 1.82) is 0 Å². The number of rotatable bonds is 3. The van der Waals surface area contributed by atoms with Gasteiger partial charge in [0.05, 0.1) is 5.02 Å². The maximum Gasteiger partial charge on any atom is 0.142 e. The minimum absolute atomic E-state index is 0.0135. The summed E-state index contributed by atoms with van der Waals surface area (Å²) >= 11 is 5.63. The number of oxime groups is 1. The van der Waals surface area contributed by atoms with Crippen LogP contribution in [0.25, 0.3) is 0 Å². The molecule has 1 aromatic rings. The molecule has 0 radical (unpaired) electrons. The summed E-state index contributed by atoms with van der Waals surface area (Å²) in [5.41, 5.74) is 0.776. The molecule has 2 nitrogen and oxygen atoms in total. The normalized spacial score (nSPS) is 12.1. The zero-order valence-electron chi connectivity index (χ0n) is 9.63. The second-order valence-electron chi connectivity index (χ2n) is 4.62. The smallest absolute Gasteiger partial charge is 0.142 e. The first-order chi connectivity index (χ1) is 7.38. The molecule has 0 unspecified atom stereocenters. The van der Waals surface area contributed by atoms with Crippen LogP contribution in [0.4, 0.5) is 4.39 Å². The third kappa shape index (κ3) is 4.62. The van der Waals surface area contributed by atoms with Gasteiger partial charge in [-0.3, -0.25) is 0 Å². The first kappa shape index (κ1) is 13.0. The van der Waals surface area contributed by atoms with E-state index in [1.807, 2.05) is 20.8 Å². The molecule has 1 rings (SSSR count). The predicted octanol–water partition coefficient (Wildman–Crippen LogP) is 4.03. The number of hydrogen-bond donors (Lipinski definition) is 0. The molecule has 0 amide bonds. The number of nitrogens with zero attached hydrogens (tertiary/aromatic N) is 1. The van der Waals surface area contributed by atoms with Crippen LogP contribution < -0.4 is 0 Å². The maximum atomic E-state index is 12.8. The fraction of sp³-hybridized carbons (Fsp3) is 0.417. The van der Waals surface area contributed by atoms with Gasteiger partial charge in [0.25, 0.3) is 0 Å². The molecule has 0 aliphatic rings. The molecule has 0 aromatic heterocycles. The van der Waals surface area contributed by atoms with Crippen molar-refractivity contribution >= 4 is 17.8 Å². The second kappa shape index (κ2) is 5.30. The van der Waals surface area contributed by atoms with Gasteiger partial charge in [-0.1, -0.05) is 43.6 Å². The van der Waals surface area contributed by atoms with Gasteiger partial charge in [-0.2, -0.15) is 0 Å². The zero-order valence-corrected chi connectivity index (χ0v) is 10.4. The monoisotopic (exact) mass is 243 g/mol. The van der Waals surface area contributed by atoms with E-state index in [-0.39, 0.29) is 17.0 Å². The van der Waals surface area contributed by atoms with Gasteiger partial charge in [-0.25, -0.2) is 4.39 Å². The lowest BCUT2D eigenvalue weighted by molar-refractivity contribution is 0.129. The molecule has 0 aliphatic carbocycles. The highest BCUT2D eigenvalue weighted by molar-refractivity contribution is 6.30. The van der Waals surface area contributed by atoms with Crippen molar-refractivity contribution in [2.75, 3.05) is 0 Å². The van der Waals surface area contributed by atoms with Crippen LogP contribution in [0.1, 0.15) is 26.3 Å². The summed E-state index contributed by atoms with van der Waals surface area (Å²) in [6, 6.07) is 4.46. The molecular formula is C12H15ClFNO. The van der Waals surface area contributed by atoms with Gasteiger partial charge in [0.2, 0.25) is 0 Å². The molecular weight excluding hydrogens is 229 g/mol. The molecule has 0 fully saturated rings. The van der Waals surface area contributed by atoms with Crippen LogP contribution in [0, 0.1) is 11.2 Å². The summed E-state index contributed by atoms with van der Waals surface area (Å²) in [6.45, 7) is 6.35. The van der Waals surface area contributed by atoms with Gasteiger partial charge in [0.1, 0.15) is 12.4 Å². The molecule has 0 N–H and O–H groups in total. The van der Waals surface area contributed by atoms with E-state index >= 15 is 0 Å². The topological polar surface area (TPSA) is 21.6 Å². The molecule has 0 bridgehead atoms. The van der Waals surface area contributed by atoms with Gasteiger partial charge in [-0.15, -0.1) is 0 Å². The zero-order chi connectivity index (χ0) is 12.2. The molecule has 0 heterocycles. The molecule has 0 atom stereocenters. The van der Waals surface area contributed by atoms with Crippen molar-refractivity contribution in [3.63, 3.8) is 0 Å². The first-order valence-electron chi connectivity index (χ1n) is 4.99. The molecule has 0 saturated carbocycles. The van der Waals surface area contributed by atoms with Crippen LogP contribution in [-0.2, 0) is 11.4 Å². The van der Waals surface area contributed by atoms with Crippen molar-refractivity contribution < 1.29 is 9.23 Å². The van der Waals surface area contributed by atoms with E-state index in [1.54, 1.807) is 12.3 Å². The molecule has 16 heavy (non-hydrogen) atoms. The average molecular weight is 244 g/mol. The van der Waals surface area contributed by atoms with E-state index in [1.165, 1.54) is 12.1 Å². The number of benzene rings is 1. The summed E-state index contributed by atoms with van der Waals surface area (Å²) in [6.07, 6.45) is 1.72. The van der Waals surface area contributed by atoms with Gasteiger partial charge < -0.3 is 4.84 Å². The van der Waals surface area contributed by atoms with Gasteiger partial charge in [-0.05, 0) is 17.7 Å². The lowest BCUT2D eigenvalue weighted by atomic mass is 10.00. The Labute approximate surface area is 100 Å². The highest BCUT2D eigenvalue weighted by atomic mass is 35.5. The summed E-state index contributed by atoms with van der Waals surface area (Å²) in [5, 5.41) is 3.93. The Kier molecular flexibility index (Phi) is 4.30. The minimum atomic E-state index is -0.427. The Morgan fingerprint density at radius 1 is 1.44 bits per heavy atom. The quantitative estimate of drug-likeness (QED) is 0.580. The van der Waals surface area contributed by atoms with Crippen LogP contribution >= 0.6 is 11.6 Å². The van der Waals surface area contributed by atoms with Crippen LogP contribution in [0.15, 0.2) is 23.4 Å². The third-order valence-corrected chi connectivity index (χ3v) is 2.02. The Morgan fingerprint density at radius 2 is 2.12 bits per heavy atom. The third-order valence-electron chi connectivity index (χ3n) is 1.73. The van der Waals surface area contributed by atoms with Gasteiger partial charge in [0, 0.05) is 11.6 Å². The number of halogens is 2. The lowest BCUT2D eigenvalue weighted by Crippen LogP contribution is -2.06. The van der Waals surface area contributed by atoms with E-state index in [0.29, 0.717) is 0 Å². The Morgan fingerprint density at radius 3 is 2.69 bits per heavy atom. The van der Waals surface area contributed by atoms with E-state index < -0.39 is 5.82 Å². The van der Waals surface area contributed by atoms with Crippen molar-refractivity contribution in [2.45, 2.75) is 27.4 Å². The summed E-state index contributed by atoms with van der Waals surface area (Å²) in [5.74, 6) is -0.427. The highest BCUT2D eigenvalue weighted by Crippen LogP contribution is 2.16. The molecule has 0 aliphatic heterocycles. The standard InChI is InChI=1S/C12H15ClFNO/c1-12(2,3)8-15-16-7-9-4-5-11(14)10(13)6-9/h4-6,8H,7H2,1-3H3/b15-8+. The van der Waals surface area contributed by atoms with Crippen LogP contribution in [0.5, 0.6) is 0 Å². The van der Waals surface area contributed by atoms with Crippen molar-refractivity contribution in [1.82, 2.24) is 0 Å². The van der Waals surface area contributed by atoms with Gasteiger partial charge in [0.15, 0.2) is 0 Å². The van der Waals surface area contributed by atoms with E-state index in [0.717, 1.165) is 5.56 Å². The summed E-state index contributed by atoms with van der Waals surface area (Å²) < 4.78 is 12.8. The Hall–Kier alpha value is -1.09. The second-order valence-corrected chi connectivity index (χ2v) is 5.03. The summed E-state index contributed by atoms with van der Waals surface area (Å²) in [4.78, 5) is 5.08. The van der Waals surface area contributed by atoms with Crippen LogP contribution in [0.2, 0.25) is 5.02 Å². The van der Waals surface area contributed by atoms with Crippen LogP contribution in [-0.4, -0.2) is 6.21 Å². The SMILES string of the molecule is CC(C)(C)/C=N/OCc1ccc(F)c(Cl)c1. The van der Waals surface area contributed by atoms with Crippen molar-refractivity contribution in [3.8, 4) is 0 Å². The van der Waals surface area contributed by atoms with E-state index in [4.69, 9.17) is 16.4 Å². The Balaban J connectivity index is 2.50. The molecule has 4 heteroatoms.